The third-order valence-corrected chi connectivity index (χ3v) is 4.97. The number of nitrogens with two attached hydrogens (primary N) is 1. The second-order valence-electron chi connectivity index (χ2n) is 6.38. The SMILES string of the molecule is COc1ccc(N2CCN(C(=O)COC(=O)c3ccc(Cl)c(N)c3)CC2)cc1. The molecule has 0 unspecified atom stereocenters. The van der Waals surface area contributed by atoms with Crippen molar-refractivity contribution in [2.24, 2.45) is 0 Å². The number of piperazine rings is 1. The lowest BCUT2D eigenvalue weighted by molar-refractivity contribution is -0.134. The highest BCUT2D eigenvalue weighted by Crippen LogP contribution is 2.21. The van der Waals surface area contributed by atoms with E-state index in [4.69, 9.17) is 26.8 Å². The third kappa shape index (κ3) is 4.67. The molecule has 0 bridgehead atoms. The summed E-state index contributed by atoms with van der Waals surface area (Å²) in [6.07, 6.45) is 0. The van der Waals surface area contributed by atoms with Gasteiger partial charge in [-0.1, -0.05) is 11.6 Å². The number of benzene rings is 2. The van der Waals surface area contributed by atoms with E-state index >= 15 is 0 Å². The molecule has 3 rings (SSSR count). The van der Waals surface area contributed by atoms with Crippen LogP contribution in [0.2, 0.25) is 5.02 Å². The van der Waals surface area contributed by atoms with Crippen molar-refractivity contribution in [2.45, 2.75) is 0 Å². The van der Waals surface area contributed by atoms with Crippen LogP contribution in [0.5, 0.6) is 5.75 Å². The zero-order valence-electron chi connectivity index (χ0n) is 15.6. The maximum Gasteiger partial charge on any atom is 0.338 e. The van der Waals surface area contributed by atoms with Crippen molar-refractivity contribution in [2.75, 3.05) is 50.5 Å². The van der Waals surface area contributed by atoms with E-state index in [0.29, 0.717) is 31.2 Å². The van der Waals surface area contributed by atoms with Crippen LogP contribution >= 0.6 is 11.6 Å². The minimum Gasteiger partial charge on any atom is -0.497 e. The molecule has 148 valence electrons. The van der Waals surface area contributed by atoms with E-state index in [9.17, 15) is 9.59 Å². The van der Waals surface area contributed by atoms with Crippen molar-refractivity contribution < 1.29 is 19.1 Å². The number of esters is 1. The Labute approximate surface area is 168 Å². The average molecular weight is 404 g/mol. The van der Waals surface area contributed by atoms with E-state index < -0.39 is 5.97 Å². The molecule has 1 aliphatic heterocycles. The number of ether oxygens (including phenoxy) is 2. The van der Waals surface area contributed by atoms with Crippen LogP contribution in [0.25, 0.3) is 0 Å². The van der Waals surface area contributed by atoms with Crippen molar-refractivity contribution >= 4 is 34.9 Å². The Morgan fingerprint density at radius 2 is 1.75 bits per heavy atom. The molecule has 2 aromatic carbocycles. The average Bonchev–Trinajstić information content (AvgIpc) is 2.74. The minimum absolute atomic E-state index is 0.218. The van der Waals surface area contributed by atoms with E-state index in [1.54, 1.807) is 12.0 Å². The highest BCUT2D eigenvalue weighted by molar-refractivity contribution is 6.33. The van der Waals surface area contributed by atoms with Gasteiger partial charge in [-0.15, -0.1) is 0 Å². The zero-order valence-corrected chi connectivity index (χ0v) is 16.3. The molecule has 8 heteroatoms. The largest absolute Gasteiger partial charge is 0.497 e. The van der Waals surface area contributed by atoms with Gasteiger partial charge in [0, 0.05) is 31.9 Å². The molecule has 1 aliphatic rings. The summed E-state index contributed by atoms with van der Waals surface area (Å²) in [4.78, 5) is 28.3. The Hall–Kier alpha value is -2.93. The van der Waals surface area contributed by atoms with Gasteiger partial charge >= 0.3 is 5.97 Å². The van der Waals surface area contributed by atoms with Crippen LogP contribution in [-0.2, 0) is 9.53 Å². The highest BCUT2D eigenvalue weighted by Gasteiger charge is 2.22. The Morgan fingerprint density at radius 1 is 1.07 bits per heavy atom. The Kier molecular flexibility index (Phi) is 6.26. The smallest absolute Gasteiger partial charge is 0.338 e. The second-order valence-corrected chi connectivity index (χ2v) is 6.79. The van der Waals surface area contributed by atoms with Crippen molar-refractivity contribution in [3.63, 3.8) is 0 Å². The van der Waals surface area contributed by atoms with Crippen LogP contribution in [0.15, 0.2) is 42.5 Å². The maximum absolute atomic E-state index is 12.3. The van der Waals surface area contributed by atoms with Gasteiger partial charge in [0.05, 0.1) is 23.4 Å². The van der Waals surface area contributed by atoms with E-state index in [1.165, 1.54) is 18.2 Å². The lowest BCUT2D eigenvalue weighted by Gasteiger charge is -2.36. The fourth-order valence-electron chi connectivity index (χ4n) is 2.98. The molecule has 0 atom stereocenters. The molecule has 0 aromatic heterocycles. The van der Waals surface area contributed by atoms with Crippen LogP contribution in [0, 0.1) is 0 Å². The van der Waals surface area contributed by atoms with Crippen molar-refractivity contribution in [1.29, 1.82) is 0 Å². The van der Waals surface area contributed by atoms with E-state index in [-0.39, 0.29) is 23.8 Å². The Balaban J connectivity index is 1.48. The third-order valence-electron chi connectivity index (χ3n) is 4.63. The Bertz CT molecular complexity index is 849. The number of carbonyl (C=O) groups excluding carboxylic acids is 2. The first-order valence-corrected chi connectivity index (χ1v) is 9.24. The van der Waals surface area contributed by atoms with Crippen molar-refractivity contribution in [3.8, 4) is 5.75 Å². The molecular weight excluding hydrogens is 382 g/mol. The molecule has 0 saturated carbocycles. The first kappa shape index (κ1) is 19.8. The first-order valence-electron chi connectivity index (χ1n) is 8.87. The van der Waals surface area contributed by atoms with Gasteiger partial charge in [-0.25, -0.2) is 4.79 Å². The number of halogens is 1. The lowest BCUT2D eigenvalue weighted by Crippen LogP contribution is -2.49. The first-order chi connectivity index (χ1) is 13.5. The summed E-state index contributed by atoms with van der Waals surface area (Å²) in [5.41, 5.74) is 7.32. The number of amides is 1. The van der Waals surface area contributed by atoms with Gasteiger partial charge in [-0.2, -0.15) is 0 Å². The van der Waals surface area contributed by atoms with Gasteiger partial charge in [0.25, 0.3) is 5.91 Å². The lowest BCUT2D eigenvalue weighted by atomic mass is 10.2. The molecule has 0 radical (unpaired) electrons. The fourth-order valence-corrected chi connectivity index (χ4v) is 3.10. The number of hydrogen-bond acceptors (Lipinski definition) is 6. The van der Waals surface area contributed by atoms with Gasteiger partial charge < -0.3 is 25.0 Å². The second kappa shape index (κ2) is 8.84. The molecule has 2 N–H and O–H groups in total. The molecule has 1 heterocycles. The van der Waals surface area contributed by atoms with Gasteiger partial charge in [-0.05, 0) is 42.5 Å². The molecule has 0 aliphatic carbocycles. The van der Waals surface area contributed by atoms with E-state index in [0.717, 1.165) is 11.4 Å². The van der Waals surface area contributed by atoms with Crippen LogP contribution in [0.3, 0.4) is 0 Å². The van der Waals surface area contributed by atoms with Gasteiger partial charge in [0.15, 0.2) is 6.61 Å². The minimum atomic E-state index is -0.603. The number of rotatable bonds is 5. The number of methoxy groups -OCH3 is 1. The van der Waals surface area contributed by atoms with Crippen LogP contribution in [0.4, 0.5) is 11.4 Å². The summed E-state index contributed by atoms with van der Waals surface area (Å²) in [7, 11) is 1.63. The van der Waals surface area contributed by atoms with E-state index in [2.05, 4.69) is 4.90 Å². The quantitative estimate of drug-likeness (QED) is 0.609. The van der Waals surface area contributed by atoms with Crippen LogP contribution in [0.1, 0.15) is 10.4 Å². The molecule has 1 amide bonds. The van der Waals surface area contributed by atoms with Crippen molar-refractivity contribution in [1.82, 2.24) is 4.90 Å². The topological polar surface area (TPSA) is 85.1 Å². The van der Waals surface area contributed by atoms with Gasteiger partial charge in [0.1, 0.15) is 5.75 Å². The molecule has 0 spiro atoms. The summed E-state index contributed by atoms with van der Waals surface area (Å²) in [5.74, 6) is -0.0138. The van der Waals surface area contributed by atoms with E-state index in [1.807, 2.05) is 24.3 Å². The number of hydrogen-bond donors (Lipinski definition) is 1. The fraction of sp³-hybridized carbons (Fsp3) is 0.300. The molecular formula is C20H22ClN3O4. The predicted molar refractivity (Wildman–Crippen MR) is 108 cm³/mol. The van der Waals surface area contributed by atoms with Crippen molar-refractivity contribution in [3.05, 3.63) is 53.1 Å². The van der Waals surface area contributed by atoms with Crippen LogP contribution < -0.4 is 15.4 Å². The number of carbonyl (C=O) groups is 2. The summed E-state index contributed by atoms with van der Waals surface area (Å²) in [6.45, 7) is 2.25. The van der Waals surface area contributed by atoms with Crippen LogP contribution in [-0.4, -0.2) is 56.7 Å². The standard InChI is InChI=1S/C20H22ClN3O4/c1-27-16-5-3-15(4-6-16)23-8-10-24(11-9-23)19(25)13-28-20(26)14-2-7-17(21)18(22)12-14/h2-7,12H,8-11,13,22H2,1H3. The maximum atomic E-state index is 12.3. The molecule has 2 aromatic rings. The number of nitrogens with zero attached hydrogens (tertiary/aromatic N) is 2. The summed E-state index contributed by atoms with van der Waals surface area (Å²) >= 11 is 5.84. The summed E-state index contributed by atoms with van der Waals surface area (Å²) < 4.78 is 10.3. The summed E-state index contributed by atoms with van der Waals surface area (Å²) in [6, 6.07) is 12.3. The normalized spacial score (nSPS) is 13.9. The van der Waals surface area contributed by atoms with Gasteiger partial charge in [0.2, 0.25) is 0 Å². The molecule has 7 nitrogen and oxygen atoms in total. The Morgan fingerprint density at radius 3 is 2.36 bits per heavy atom. The molecule has 1 fully saturated rings. The molecule has 1 saturated heterocycles. The zero-order chi connectivity index (χ0) is 20.1. The monoisotopic (exact) mass is 403 g/mol. The summed E-state index contributed by atoms with van der Waals surface area (Å²) in [5, 5.41) is 0.363. The molecule has 28 heavy (non-hydrogen) atoms. The van der Waals surface area contributed by atoms with Gasteiger partial charge in [-0.3, -0.25) is 4.79 Å². The predicted octanol–water partition coefficient (Wildman–Crippen LogP) is 2.44. The number of anilines is 2. The highest BCUT2D eigenvalue weighted by atomic mass is 35.5. The number of nitrogen functional groups attached to an aromatic ring is 1.